The number of amides is 1. The van der Waals surface area contributed by atoms with Crippen molar-refractivity contribution in [2.75, 3.05) is 44.5 Å². The van der Waals surface area contributed by atoms with Gasteiger partial charge in [-0.2, -0.15) is 0 Å². The van der Waals surface area contributed by atoms with Crippen LogP contribution < -0.4 is 19.7 Å². The molecule has 1 aliphatic heterocycles. The molecule has 1 saturated heterocycles. The second-order valence-electron chi connectivity index (χ2n) is 8.07. The summed E-state index contributed by atoms with van der Waals surface area (Å²) >= 11 is 15.3. The van der Waals surface area contributed by atoms with Gasteiger partial charge in [0, 0.05) is 43.0 Å². The first kappa shape index (κ1) is 25.9. The monoisotopic (exact) mass is 552 g/mol. The molecule has 1 N–H and O–H groups in total. The molecule has 35 heavy (non-hydrogen) atoms. The number of carbonyl (C=O) groups is 1. The number of halogens is 2. The van der Waals surface area contributed by atoms with E-state index in [1.807, 2.05) is 23.6 Å². The van der Waals surface area contributed by atoms with Crippen LogP contribution in [0, 0.1) is 5.92 Å². The molecule has 1 aliphatic rings. The maximum Gasteiger partial charge on any atom is 0.230 e. The second kappa shape index (κ2) is 12.2. The lowest BCUT2D eigenvalue weighted by atomic mass is 9.98. The van der Waals surface area contributed by atoms with Gasteiger partial charge in [0.25, 0.3) is 0 Å². The average Bonchev–Trinajstić information content (AvgIpc) is 3.24. The van der Waals surface area contributed by atoms with Crippen LogP contribution in [0.3, 0.4) is 0 Å². The number of hydrogen-bond acceptors (Lipinski definition) is 8. The lowest BCUT2D eigenvalue weighted by molar-refractivity contribution is -0.118. The Labute approximate surface area is 223 Å². The normalized spacial score (nSPS) is 15.7. The third-order valence-electron chi connectivity index (χ3n) is 5.74. The Balaban J connectivity index is 1.25. The van der Waals surface area contributed by atoms with Crippen molar-refractivity contribution in [3.8, 4) is 22.6 Å². The Kier molecular flexibility index (Phi) is 8.99. The predicted molar refractivity (Wildman–Crippen MR) is 144 cm³/mol. The topological polar surface area (TPSA) is 76.6 Å². The van der Waals surface area contributed by atoms with Crippen LogP contribution in [-0.2, 0) is 4.79 Å². The molecule has 1 fully saturated rings. The van der Waals surface area contributed by atoms with Crippen molar-refractivity contribution in [3.63, 3.8) is 0 Å². The molecule has 0 saturated carbocycles. The summed E-state index contributed by atoms with van der Waals surface area (Å²) in [6, 6.07) is 5.65. The summed E-state index contributed by atoms with van der Waals surface area (Å²) in [7, 11) is 3.20. The molecule has 7 nitrogen and oxygen atoms in total. The lowest BCUT2D eigenvalue weighted by Crippen LogP contribution is -2.41. The number of hydrogen-bond donors (Lipinski definition) is 1. The Morgan fingerprint density at radius 3 is 2.66 bits per heavy atom. The highest BCUT2D eigenvalue weighted by Crippen LogP contribution is 2.40. The first-order chi connectivity index (χ1) is 17.0. The van der Waals surface area contributed by atoms with Crippen LogP contribution in [0.5, 0.6) is 11.5 Å². The van der Waals surface area contributed by atoms with Crippen molar-refractivity contribution >= 4 is 57.2 Å². The fourth-order valence-corrected chi connectivity index (χ4v) is 6.07. The van der Waals surface area contributed by atoms with E-state index >= 15 is 0 Å². The van der Waals surface area contributed by atoms with E-state index in [1.165, 1.54) is 11.8 Å². The number of rotatable bonds is 9. The molecule has 4 rings (SSSR count). The minimum Gasteiger partial charge on any atom is -0.493 e. The first-order valence-electron chi connectivity index (χ1n) is 11.1. The quantitative estimate of drug-likeness (QED) is 0.271. The van der Waals surface area contributed by atoms with E-state index in [0.717, 1.165) is 42.1 Å². The highest BCUT2D eigenvalue weighted by molar-refractivity contribution is 7.99. The largest absolute Gasteiger partial charge is 0.493 e. The average molecular weight is 554 g/mol. The maximum atomic E-state index is 12.4. The highest BCUT2D eigenvalue weighted by Gasteiger charge is 2.24. The third-order valence-corrected chi connectivity index (χ3v) is 8.68. The number of methoxy groups -OCH3 is 2. The van der Waals surface area contributed by atoms with Gasteiger partial charge in [0.1, 0.15) is 5.00 Å². The van der Waals surface area contributed by atoms with Gasteiger partial charge < -0.3 is 19.7 Å². The number of benzene rings is 1. The molecule has 11 heteroatoms. The van der Waals surface area contributed by atoms with Crippen molar-refractivity contribution in [2.24, 2.45) is 5.92 Å². The summed E-state index contributed by atoms with van der Waals surface area (Å²) in [6.07, 6.45) is 5.61. The molecule has 1 unspecified atom stereocenters. The minimum absolute atomic E-state index is 0.0307. The highest BCUT2D eigenvalue weighted by atomic mass is 35.5. The standard InChI is InChI=1S/C24H26Cl2N4O3S2/c1-32-19-6-5-16(8-20(19)33-2)17-10-28-24(29-11-17)35-14-21(31)27-9-15-4-3-7-30(12-15)23-22(26)18(25)13-34-23/h5-6,8,10-11,13,15H,3-4,7,9,12,14H2,1-2H3,(H,27,31). The van der Waals surface area contributed by atoms with Crippen molar-refractivity contribution < 1.29 is 14.3 Å². The summed E-state index contributed by atoms with van der Waals surface area (Å²) in [5.74, 6) is 1.90. The molecular weight excluding hydrogens is 527 g/mol. The van der Waals surface area contributed by atoms with Gasteiger partial charge in [0.2, 0.25) is 5.91 Å². The van der Waals surface area contributed by atoms with Crippen LogP contribution in [0.4, 0.5) is 5.00 Å². The molecule has 0 radical (unpaired) electrons. The molecule has 0 aliphatic carbocycles. The number of nitrogens with one attached hydrogen (secondary N) is 1. The van der Waals surface area contributed by atoms with E-state index in [4.69, 9.17) is 32.7 Å². The number of piperidine rings is 1. The van der Waals surface area contributed by atoms with Gasteiger partial charge in [0.15, 0.2) is 16.7 Å². The van der Waals surface area contributed by atoms with Gasteiger partial charge in [-0.25, -0.2) is 9.97 Å². The Morgan fingerprint density at radius 2 is 1.97 bits per heavy atom. The zero-order chi connectivity index (χ0) is 24.8. The molecule has 1 aromatic carbocycles. The van der Waals surface area contributed by atoms with Gasteiger partial charge in [0.05, 0.1) is 30.0 Å². The molecule has 186 valence electrons. The summed E-state index contributed by atoms with van der Waals surface area (Å²) in [5, 5.41) is 7.70. The van der Waals surface area contributed by atoms with Gasteiger partial charge in [-0.05, 0) is 36.5 Å². The first-order valence-corrected chi connectivity index (χ1v) is 13.7. The zero-order valence-electron chi connectivity index (χ0n) is 19.4. The fourth-order valence-electron chi connectivity index (χ4n) is 3.94. The van der Waals surface area contributed by atoms with Gasteiger partial charge >= 0.3 is 0 Å². The molecule has 3 aromatic rings. The van der Waals surface area contributed by atoms with E-state index in [2.05, 4.69) is 20.2 Å². The molecule has 1 atom stereocenters. The van der Waals surface area contributed by atoms with Crippen molar-refractivity contribution in [1.82, 2.24) is 15.3 Å². The van der Waals surface area contributed by atoms with E-state index in [9.17, 15) is 4.79 Å². The lowest BCUT2D eigenvalue weighted by Gasteiger charge is -2.33. The van der Waals surface area contributed by atoms with Crippen LogP contribution in [0.15, 0.2) is 41.1 Å². The molecular formula is C24H26Cl2N4O3S2. The number of carbonyl (C=O) groups excluding carboxylic acids is 1. The fraction of sp³-hybridized carbons (Fsp3) is 0.375. The summed E-state index contributed by atoms with van der Waals surface area (Å²) in [4.78, 5) is 23.5. The van der Waals surface area contributed by atoms with Gasteiger partial charge in [-0.3, -0.25) is 4.79 Å². The molecule has 0 spiro atoms. The second-order valence-corrected chi connectivity index (χ2v) is 10.7. The maximum absolute atomic E-state index is 12.4. The van der Waals surface area contributed by atoms with Crippen molar-refractivity contribution in [1.29, 1.82) is 0 Å². The molecule has 2 aromatic heterocycles. The predicted octanol–water partition coefficient (Wildman–Crippen LogP) is 5.65. The summed E-state index contributed by atoms with van der Waals surface area (Å²) in [6.45, 7) is 2.43. The molecule has 3 heterocycles. The van der Waals surface area contributed by atoms with E-state index in [0.29, 0.717) is 39.2 Å². The van der Waals surface area contributed by atoms with Crippen LogP contribution in [0.25, 0.3) is 11.1 Å². The Bertz CT molecular complexity index is 1160. The molecule has 0 bridgehead atoms. The van der Waals surface area contributed by atoms with Gasteiger partial charge in [-0.1, -0.05) is 41.0 Å². The zero-order valence-corrected chi connectivity index (χ0v) is 22.6. The van der Waals surface area contributed by atoms with E-state index < -0.39 is 0 Å². The number of nitrogens with zero attached hydrogens (tertiary/aromatic N) is 3. The smallest absolute Gasteiger partial charge is 0.230 e. The SMILES string of the molecule is COc1ccc(-c2cnc(SCC(=O)NCC3CCCN(c4scc(Cl)c4Cl)C3)nc2)cc1OC. The van der Waals surface area contributed by atoms with E-state index in [1.54, 1.807) is 38.0 Å². The number of ether oxygens (including phenoxy) is 2. The number of thioether (sulfide) groups is 1. The number of thiophene rings is 1. The summed E-state index contributed by atoms with van der Waals surface area (Å²) < 4.78 is 10.6. The van der Waals surface area contributed by atoms with Crippen LogP contribution in [0.2, 0.25) is 10.0 Å². The number of anilines is 1. The van der Waals surface area contributed by atoms with Gasteiger partial charge in [-0.15, -0.1) is 11.3 Å². The van der Waals surface area contributed by atoms with Crippen molar-refractivity contribution in [3.05, 3.63) is 46.0 Å². The Hall–Kier alpha value is -2.20. The van der Waals surface area contributed by atoms with Crippen LogP contribution in [-0.4, -0.2) is 55.5 Å². The van der Waals surface area contributed by atoms with Crippen molar-refractivity contribution in [2.45, 2.75) is 18.0 Å². The van der Waals surface area contributed by atoms with Crippen LogP contribution >= 0.6 is 46.3 Å². The third kappa shape index (κ3) is 6.52. The Morgan fingerprint density at radius 1 is 1.20 bits per heavy atom. The van der Waals surface area contributed by atoms with E-state index in [-0.39, 0.29) is 11.7 Å². The molecule has 1 amide bonds. The minimum atomic E-state index is -0.0307. The van der Waals surface area contributed by atoms with Crippen LogP contribution in [0.1, 0.15) is 12.8 Å². The number of aromatic nitrogens is 2. The summed E-state index contributed by atoms with van der Waals surface area (Å²) in [5.41, 5.74) is 1.78.